The van der Waals surface area contributed by atoms with Crippen LogP contribution in [0.5, 0.6) is 0 Å². The van der Waals surface area contributed by atoms with Crippen LogP contribution in [0.3, 0.4) is 0 Å². The van der Waals surface area contributed by atoms with Crippen LogP contribution in [0.1, 0.15) is 19.4 Å². The molecule has 0 unspecified atom stereocenters. The zero-order valence-electron chi connectivity index (χ0n) is 13.0. The van der Waals surface area contributed by atoms with Crippen molar-refractivity contribution in [2.75, 3.05) is 5.32 Å². The first kappa shape index (κ1) is 14.3. The zero-order valence-corrected chi connectivity index (χ0v) is 13.0. The molecule has 0 spiro atoms. The molecular weight excluding hydrogens is 274 g/mol. The summed E-state index contributed by atoms with van der Waals surface area (Å²) in [7, 11) is 0. The van der Waals surface area contributed by atoms with Crippen LogP contribution in [-0.2, 0) is 4.79 Å². The molecule has 0 atom stereocenters. The van der Waals surface area contributed by atoms with Gasteiger partial charge in [-0.25, -0.2) is 4.98 Å². The van der Waals surface area contributed by atoms with E-state index in [1.165, 1.54) is 5.56 Å². The molecule has 22 heavy (non-hydrogen) atoms. The minimum absolute atomic E-state index is 0.0203. The normalized spacial score (nSPS) is 11.1. The summed E-state index contributed by atoms with van der Waals surface area (Å²) in [6.45, 7) is 5.81. The predicted molar refractivity (Wildman–Crippen MR) is 89.7 cm³/mol. The Bertz CT molecular complexity index is 816. The van der Waals surface area contributed by atoms with Crippen LogP contribution in [-0.4, -0.2) is 15.9 Å². The fraction of sp³-hybridized carbons (Fsp3) is 0.222. The van der Waals surface area contributed by atoms with E-state index in [9.17, 15) is 4.79 Å². The highest BCUT2D eigenvalue weighted by Crippen LogP contribution is 2.22. The molecule has 0 saturated carbocycles. The number of nitrogens with zero attached hydrogens (tertiary/aromatic N) is 1. The van der Waals surface area contributed by atoms with Gasteiger partial charge in [-0.3, -0.25) is 4.79 Å². The van der Waals surface area contributed by atoms with Gasteiger partial charge in [-0.15, -0.1) is 0 Å². The number of amides is 1. The van der Waals surface area contributed by atoms with Crippen LogP contribution in [0, 0.1) is 12.8 Å². The number of anilines is 1. The summed E-state index contributed by atoms with van der Waals surface area (Å²) in [5.74, 6) is 0.826. The molecule has 4 nitrogen and oxygen atoms in total. The third kappa shape index (κ3) is 2.86. The summed E-state index contributed by atoms with van der Waals surface area (Å²) in [6, 6.07) is 13.9. The predicted octanol–water partition coefficient (Wildman–Crippen LogP) is 4.13. The maximum Gasteiger partial charge on any atom is 0.226 e. The van der Waals surface area contributed by atoms with Gasteiger partial charge in [0.2, 0.25) is 5.91 Å². The fourth-order valence-corrected chi connectivity index (χ4v) is 2.25. The summed E-state index contributed by atoms with van der Waals surface area (Å²) < 4.78 is 0. The Kier molecular flexibility index (Phi) is 3.67. The Morgan fingerprint density at radius 1 is 1.14 bits per heavy atom. The van der Waals surface area contributed by atoms with Crippen LogP contribution < -0.4 is 5.32 Å². The highest BCUT2D eigenvalue weighted by molar-refractivity contribution is 5.92. The Hall–Kier alpha value is -2.62. The lowest BCUT2D eigenvalue weighted by molar-refractivity contribution is -0.118. The topological polar surface area (TPSA) is 57.8 Å². The SMILES string of the molecule is Cc1ccc2[nH]c(-c3ccc(NC(=O)C(C)C)cc3)nc2c1. The summed E-state index contributed by atoms with van der Waals surface area (Å²) >= 11 is 0. The molecule has 0 aliphatic heterocycles. The minimum Gasteiger partial charge on any atom is -0.338 e. The molecular formula is C18H19N3O. The average molecular weight is 293 g/mol. The lowest BCUT2D eigenvalue weighted by Gasteiger charge is -2.07. The molecule has 0 bridgehead atoms. The number of hydrogen-bond acceptors (Lipinski definition) is 2. The number of fused-ring (bicyclic) bond motifs is 1. The van der Waals surface area contributed by atoms with E-state index in [1.54, 1.807) is 0 Å². The monoisotopic (exact) mass is 293 g/mol. The molecule has 0 radical (unpaired) electrons. The van der Waals surface area contributed by atoms with E-state index < -0.39 is 0 Å². The van der Waals surface area contributed by atoms with Gasteiger partial charge in [0.15, 0.2) is 0 Å². The van der Waals surface area contributed by atoms with Crippen molar-refractivity contribution in [3.05, 3.63) is 48.0 Å². The Balaban J connectivity index is 1.86. The maximum atomic E-state index is 11.7. The average Bonchev–Trinajstić information content (AvgIpc) is 2.90. The van der Waals surface area contributed by atoms with Crippen LogP contribution in [0.25, 0.3) is 22.4 Å². The van der Waals surface area contributed by atoms with Crippen LogP contribution in [0.2, 0.25) is 0 Å². The molecule has 1 aromatic heterocycles. The van der Waals surface area contributed by atoms with Gasteiger partial charge >= 0.3 is 0 Å². The molecule has 1 amide bonds. The van der Waals surface area contributed by atoms with Crippen LogP contribution in [0.4, 0.5) is 5.69 Å². The van der Waals surface area contributed by atoms with Gasteiger partial charge in [-0.2, -0.15) is 0 Å². The highest BCUT2D eigenvalue weighted by atomic mass is 16.1. The third-order valence-corrected chi connectivity index (χ3v) is 3.59. The molecule has 0 fully saturated rings. The van der Waals surface area contributed by atoms with Gasteiger partial charge in [0.1, 0.15) is 5.82 Å². The number of carbonyl (C=O) groups is 1. The largest absolute Gasteiger partial charge is 0.338 e. The van der Waals surface area contributed by atoms with E-state index in [4.69, 9.17) is 0 Å². The molecule has 3 aromatic rings. The van der Waals surface area contributed by atoms with E-state index in [-0.39, 0.29) is 11.8 Å². The molecule has 3 rings (SSSR count). The maximum absolute atomic E-state index is 11.7. The van der Waals surface area contributed by atoms with Crippen molar-refractivity contribution >= 4 is 22.6 Å². The van der Waals surface area contributed by atoms with Crippen molar-refractivity contribution in [1.82, 2.24) is 9.97 Å². The Morgan fingerprint density at radius 2 is 1.86 bits per heavy atom. The highest BCUT2D eigenvalue weighted by Gasteiger charge is 2.08. The first-order valence-electron chi connectivity index (χ1n) is 7.40. The number of benzene rings is 2. The zero-order chi connectivity index (χ0) is 15.7. The van der Waals surface area contributed by atoms with Crippen molar-refractivity contribution in [1.29, 1.82) is 0 Å². The molecule has 0 aliphatic rings. The standard InChI is InChI=1S/C18H19N3O/c1-11(2)18(22)19-14-7-5-13(6-8-14)17-20-15-9-4-12(3)10-16(15)21-17/h4-11H,1-3H3,(H,19,22)(H,20,21). The lowest BCUT2D eigenvalue weighted by atomic mass is 10.1. The van der Waals surface area contributed by atoms with E-state index in [2.05, 4.69) is 34.3 Å². The van der Waals surface area contributed by atoms with Crippen molar-refractivity contribution in [2.45, 2.75) is 20.8 Å². The van der Waals surface area contributed by atoms with E-state index in [0.717, 1.165) is 28.1 Å². The Morgan fingerprint density at radius 3 is 2.55 bits per heavy atom. The summed E-state index contributed by atoms with van der Waals surface area (Å²) in [5, 5.41) is 2.88. The van der Waals surface area contributed by atoms with Crippen molar-refractivity contribution in [3.63, 3.8) is 0 Å². The molecule has 2 aromatic carbocycles. The molecule has 112 valence electrons. The van der Waals surface area contributed by atoms with Gasteiger partial charge in [-0.05, 0) is 48.9 Å². The first-order valence-corrected chi connectivity index (χ1v) is 7.40. The second kappa shape index (κ2) is 5.64. The third-order valence-electron chi connectivity index (χ3n) is 3.59. The first-order chi connectivity index (χ1) is 10.5. The van der Waals surface area contributed by atoms with Gasteiger partial charge in [0.25, 0.3) is 0 Å². The molecule has 4 heteroatoms. The van der Waals surface area contributed by atoms with E-state index in [1.807, 2.05) is 44.2 Å². The van der Waals surface area contributed by atoms with Gasteiger partial charge in [0, 0.05) is 17.2 Å². The van der Waals surface area contributed by atoms with Crippen molar-refractivity contribution in [2.24, 2.45) is 5.92 Å². The number of imidazole rings is 1. The Labute approximate surface area is 129 Å². The number of carbonyl (C=O) groups excluding carboxylic acids is 1. The van der Waals surface area contributed by atoms with Gasteiger partial charge in [0.05, 0.1) is 11.0 Å². The minimum atomic E-state index is -0.0294. The second-order valence-corrected chi connectivity index (χ2v) is 5.83. The van der Waals surface area contributed by atoms with Crippen molar-refractivity contribution in [3.8, 4) is 11.4 Å². The molecule has 0 aliphatic carbocycles. The van der Waals surface area contributed by atoms with Gasteiger partial charge in [-0.1, -0.05) is 19.9 Å². The number of H-pyrrole nitrogens is 1. The molecule has 0 saturated heterocycles. The number of hydrogen-bond donors (Lipinski definition) is 2. The van der Waals surface area contributed by atoms with Gasteiger partial charge < -0.3 is 10.3 Å². The smallest absolute Gasteiger partial charge is 0.226 e. The number of rotatable bonds is 3. The molecule has 1 heterocycles. The summed E-state index contributed by atoms with van der Waals surface area (Å²) in [4.78, 5) is 19.6. The number of aromatic nitrogens is 2. The number of aromatic amines is 1. The molecule has 2 N–H and O–H groups in total. The van der Waals surface area contributed by atoms with E-state index >= 15 is 0 Å². The number of aryl methyl sites for hydroxylation is 1. The van der Waals surface area contributed by atoms with E-state index in [0.29, 0.717) is 0 Å². The number of nitrogens with one attached hydrogen (secondary N) is 2. The summed E-state index contributed by atoms with van der Waals surface area (Å²) in [5.41, 5.74) is 4.98. The summed E-state index contributed by atoms with van der Waals surface area (Å²) in [6.07, 6.45) is 0. The quantitative estimate of drug-likeness (QED) is 0.762. The second-order valence-electron chi connectivity index (χ2n) is 5.83. The lowest BCUT2D eigenvalue weighted by Crippen LogP contribution is -2.17. The van der Waals surface area contributed by atoms with Crippen molar-refractivity contribution < 1.29 is 4.79 Å². The van der Waals surface area contributed by atoms with Crippen LogP contribution in [0.15, 0.2) is 42.5 Å². The fourth-order valence-electron chi connectivity index (χ4n) is 2.25. The van der Waals surface area contributed by atoms with Crippen LogP contribution >= 0.6 is 0 Å².